The Hall–Kier alpha value is -3.13. The topological polar surface area (TPSA) is 76.5 Å². The van der Waals surface area contributed by atoms with Crippen molar-refractivity contribution < 1.29 is 14.3 Å². The smallest absolute Gasteiger partial charge is 0.337 e. The van der Waals surface area contributed by atoms with Crippen LogP contribution in [0, 0.1) is 0 Å². The van der Waals surface area contributed by atoms with E-state index in [2.05, 4.69) is 31.2 Å². The number of esters is 1. The monoisotopic (exact) mass is 468 g/mol. The van der Waals surface area contributed by atoms with E-state index in [0.29, 0.717) is 16.8 Å². The third kappa shape index (κ3) is 4.23. The second kappa shape index (κ2) is 8.71. The molecule has 1 aliphatic heterocycles. The second-order valence-corrected chi connectivity index (χ2v) is 7.94. The molecule has 0 unspecified atom stereocenters. The molecule has 0 atom stereocenters. The maximum absolute atomic E-state index is 12.9. The third-order valence-corrected chi connectivity index (χ3v) is 5.47. The quantitative estimate of drug-likeness (QED) is 0.565. The van der Waals surface area contributed by atoms with E-state index in [4.69, 9.17) is 4.74 Å². The number of benzene rings is 2. The highest BCUT2D eigenvalue weighted by molar-refractivity contribution is 9.10. The van der Waals surface area contributed by atoms with Crippen molar-refractivity contribution >= 4 is 39.2 Å². The molecule has 0 aliphatic carbocycles. The number of aromatic nitrogens is 2. The van der Waals surface area contributed by atoms with Crippen molar-refractivity contribution in [3.63, 3.8) is 0 Å². The number of methoxy groups -OCH3 is 1. The van der Waals surface area contributed by atoms with Gasteiger partial charge in [0.25, 0.3) is 5.91 Å². The van der Waals surface area contributed by atoms with Gasteiger partial charge in [0.1, 0.15) is 0 Å². The van der Waals surface area contributed by atoms with Crippen LogP contribution in [0.1, 0.15) is 33.6 Å². The fourth-order valence-corrected chi connectivity index (χ4v) is 3.80. The molecule has 1 N–H and O–H groups in total. The highest BCUT2D eigenvalue weighted by atomic mass is 79.9. The summed E-state index contributed by atoms with van der Waals surface area (Å²) in [4.78, 5) is 27.1. The minimum absolute atomic E-state index is 0.245. The molecule has 0 saturated carbocycles. The molecule has 0 spiro atoms. The molecule has 1 saturated heterocycles. The molecule has 154 valence electrons. The Balaban J connectivity index is 1.58. The van der Waals surface area contributed by atoms with Crippen LogP contribution in [-0.4, -0.2) is 41.9 Å². The summed E-state index contributed by atoms with van der Waals surface area (Å²) in [6.07, 6.45) is 5.76. The van der Waals surface area contributed by atoms with Crippen LogP contribution in [0.15, 0.2) is 59.3 Å². The van der Waals surface area contributed by atoms with Crippen LogP contribution < -0.4 is 10.2 Å². The van der Waals surface area contributed by atoms with Gasteiger partial charge in [-0.3, -0.25) is 4.79 Å². The van der Waals surface area contributed by atoms with E-state index in [1.807, 2.05) is 24.4 Å². The van der Waals surface area contributed by atoms with E-state index in [1.165, 1.54) is 7.11 Å². The van der Waals surface area contributed by atoms with Crippen LogP contribution in [0.5, 0.6) is 0 Å². The van der Waals surface area contributed by atoms with E-state index in [9.17, 15) is 9.59 Å². The predicted octanol–water partition coefficient (Wildman–Crippen LogP) is 4.27. The molecule has 1 fully saturated rings. The number of nitrogens with one attached hydrogen (secondary N) is 1. The fraction of sp³-hybridized carbons (Fsp3) is 0.227. The van der Waals surface area contributed by atoms with E-state index in [0.717, 1.165) is 41.8 Å². The molecule has 2 aromatic carbocycles. The summed E-state index contributed by atoms with van der Waals surface area (Å²) in [6.45, 7) is 1.85. The number of anilines is 2. The molecule has 8 heteroatoms. The zero-order chi connectivity index (χ0) is 21.1. The van der Waals surface area contributed by atoms with Crippen LogP contribution in [0.25, 0.3) is 5.69 Å². The number of halogens is 1. The summed E-state index contributed by atoms with van der Waals surface area (Å²) in [5.41, 5.74) is 3.27. The average Bonchev–Trinajstić information content (AvgIpc) is 3.45. The van der Waals surface area contributed by atoms with E-state index < -0.39 is 5.97 Å². The lowest BCUT2D eigenvalue weighted by molar-refractivity contribution is 0.0600. The number of hydrogen-bond acceptors (Lipinski definition) is 5. The largest absolute Gasteiger partial charge is 0.465 e. The van der Waals surface area contributed by atoms with E-state index in [-0.39, 0.29) is 5.91 Å². The van der Waals surface area contributed by atoms with Gasteiger partial charge in [0.05, 0.1) is 40.4 Å². The Morgan fingerprint density at radius 1 is 1.07 bits per heavy atom. The predicted molar refractivity (Wildman–Crippen MR) is 118 cm³/mol. The molecule has 3 aromatic rings. The first-order valence-corrected chi connectivity index (χ1v) is 10.4. The highest BCUT2D eigenvalue weighted by Gasteiger charge is 2.19. The first-order chi connectivity index (χ1) is 14.5. The molecule has 7 nitrogen and oxygen atoms in total. The van der Waals surface area contributed by atoms with Crippen molar-refractivity contribution in [1.82, 2.24) is 9.78 Å². The van der Waals surface area contributed by atoms with Crippen LogP contribution in [0.3, 0.4) is 0 Å². The molecular formula is C22H21BrN4O3. The number of carbonyl (C=O) groups is 2. The zero-order valence-corrected chi connectivity index (χ0v) is 18.1. The summed E-state index contributed by atoms with van der Waals surface area (Å²) in [5.74, 6) is -0.682. The first-order valence-electron chi connectivity index (χ1n) is 9.64. The SMILES string of the molecule is COC(=O)c1ccc(N2CCCC2)c(NC(=O)c2ccc(-n3cc(Br)cn3)cc2)c1. The molecule has 1 aromatic heterocycles. The Labute approximate surface area is 182 Å². The number of ether oxygens (including phenoxy) is 1. The van der Waals surface area contributed by atoms with Gasteiger partial charge in [-0.2, -0.15) is 5.10 Å². The van der Waals surface area contributed by atoms with Crippen LogP contribution >= 0.6 is 15.9 Å². The molecule has 0 bridgehead atoms. The Morgan fingerprint density at radius 2 is 1.77 bits per heavy atom. The highest BCUT2D eigenvalue weighted by Crippen LogP contribution is 2.31. The van der Waals surface area contributed by atoms with Gasteiger partial charge >= 0.3 is 5.97 Å². The first kappa shape index (κ1) is 20.2. The van der Waals surface area contributed by atoms with Crippen LogP contribution in [0.2, 0.25) is 0 Å². The summed E-state index contributed by atoms with van der Waals surface area (Å²) in [6, 6.07) is 12.4. The third-order valence-electron chi connectivity index (χ3n) is 5.06. The average molecular weight is 469 g/mol. The molecular weight excluding hydrogens is 448 g/mol. The Kier molecular flexibility index (Phi) is 5.85. The van der Waals surface area contributed by atoms with E-state index in [1.54, 1.807) is 35.1 Å². The molecule has 4 rings (SSSR count). The summed E-state index contributed by atoms with van der Waals surface area (Å²) >= 11 is 3.38. The lowest BCUT2D eigenvalue weighted by Crippen LogP contribution is -2.21. The molecule has 2 heterocycles. The van der Waals surface area contributed by atoms with Gasteiger partial charge in [0.2, 0.25) is 0 Å². The van der Waals surface area contributed by atoms with Crippen LogP contribution in [-0.2, 0) is 4.74 Å². The van der Waals surface area contributed by atoms with Crippen molar-refractivity contribution in [3.05, 3.63) is 70.5 Å². The number of carbonyl (C=O) groups excluding carboxylic acids is 2. The number of amides is 1. The van der Waals surface area contributed by atoms with Gasteiger partial charge in [0, 0.05) is 24.8 Å². The zero-order valence-electron chi connectivity index (χ0n) is 16.5. The van der Waals surface area contributed by atoms with Gasteiger partial charge in [-0.05, 0) is 71.2 Å². The molecule has 1 amide bonds. The lowest BCUT2D eigenvalue weighted by atomic mass is 10.1. The number of nitrogens with zero attached hydrogens (tertiary/aromatic N) is 3. The summed E-state index contributed by atoms with van der Waals surface area (Å²) in [7, 11) is 1.34. The normalized spacial score (nSPS) is 13.3. The van der Waals surface area contributed by atoms with Gasteiger partial charge in [0.15, 0.2) is 0 Å². The standard InChI is InChI=1S/C22H21BrN4O3/c1-30-22(29)16-6-9-20(26-10-2-3-11-26)19(12-16)25-21(28)15-4-7-18(8-5-15)27-14-17(23)13-24-27/h4-9,12-14H,2-3,10-11H2,1H3,(H,25,28). The maximum atomic E-state index is 12.9. The van der Waals surface area contributed by atoms with Gasteiger partial charge in [-0.1, -0.05) is 0 Å². The fourth-order valence-electron chi connectivity index (χ4n) is 3.52. The van der Waals surface area contributed by atoms with Crippen molar-refractivity contribution in [3.8, 4) is 5.69 Å². The van der Waals surface area contributed by atoms with Crippen molar-refractivity contribution in [2.75, 3.05) is 30.4 Å². The van der Waals surface area contributed by atoms with Crippen molar-refractivity contribution in [2.45, 2.75) is 12.8 Å². The minimum Gasteiger partial charge on any atom is -0.465 e. The molecule has 1 aliphatic rings. The van der Waals surface area contributed by atoms with Gasteiger partial charge < -0.3 is 15.0 Å². The lowest BCUT2D eigenvalue weighted by Gasteiger charge is -2.22. The van der Waals surface area contributed by atoms with Crippen LogP contribution in [0.4, 0.5) is 11.4 Å². The van der Waals surface area contributed by atoms with Gasteiger partial charge in [-0.15, -0.1) is 0 Å². The van der Waals surface area contributed by atoms with Crippen molar-refractivity contribution in [2.24, 2.45) is 0 Å². The Bertz CT molecular complexity index is 1070. The second-order valence-electron chi connectivity index (χ2n) is 7.02. The summed E-state index contributed by atoms with van der Waals surface area (Å²) in [5, 5.41) is 7.21. The maximum Gasteiger partial charge on any atom is 0.337 e. The molecule has 0 radical (unpaired) electrons. The van der Waals surface area contributed by atoms with Crippen molar-refractivity contribution in [1.29, 1.82) is 0 Å². The van der Waals surface area contributed by atoms with Gasteiger partial charge in [-0.25, -0.2) is 9.48 Å². The number of rotatable bonds is 5. The Morgan fingerprint density at radius 3 is 2.40 bits per heavy atom. The molecule has 30 heavy (non-hydrogen) atoms. The minimum atomic E-state index is -0.437. The number of hydrogen-bond donors (Lipinski definition) is 1. The van der Waals surface area contributed by atoms with E-state index >= 15 is 0 Å². The summed E-state index contributed by atoms with van der Waals surface area (Å²) < 4.78 is 7.42.